The first-order valence-electron chi connectivity index (χ1n) is 9.08. The summed E-state index contributed by atoms with van der Waals surface area (Å²) in [6, 6.07) is 19.0. The Balaban J connectivity index is 1.94. The molecule has 0 aliphatic carbocycles. The van der Waals surface area contributed by atoms with E-state index in [2.05, 4.69) is 34.4 Å². The predicted molar refractivity (Wildman–Crippen MR) is 110 cm³/mol. The molecule has 2 N–H and O–H groups in total. The van der Waals surface area contributed by atoms with E-state index in [4.69, 9.17) is 0 Å². The van der Waals surface area contributed by atoms with Crippen LogP contribution in [0.25, 0.3) is 11.4 Å². The van der Waals surface area contributed by atoms with Gasteiger partial charge in [-0.3, -0.25) is 4.79 Å². The molecule has 0 radical (unpaired) electrons. The van der Waals surface area contributed by atoms with Gasteiger partial charge in [-0.1, -0.05) is 62.4 Å². The van der Waals surface area contributed by atoms with Gasteiger partial charge in [0.15, 0.2) is 5.82 Å². The van der Waals surface area contributed by atoms with Crippen LogP contribution in [0.4, 0.5) is 11.5 Å². The highest BCUT2D eigenvalue weighted by molar-refractivity contribution is 6.03. The van der Waals surface area contributed by atoms with Gasteiger partial charge in [0.2, 0.25) is 0 Å². The van der Waals surface area contributed by atoms with E-state index in [1.807, 2.05) is 61.5 Å². The number of hydrogen-bond donors (Lipinski definition) is 2. The summed E-state index contributed by atoms with van der Waals surface area (Å²) in [6.07, 6.45) is 0. The highest BCUT2D eigenvalue weighted by Gasteiger charge is 2.14. The standard InChI is InChI=1S/C22H24N4O/c1-15(2)14-23-20-13-19(22(27)25-18-12-8-7-9-16(18)3)24-21(26-20)17-10-5-4-6-11-17/h4-13,15H,14H2,1-3H3,(H,25,27)(H,23,24,26). The lowest BCUT2D eigenvalue weighted by Crippen LogP contribution is -2.17. The predicted octanol–water partition coefficient (Wildman–Crippen LogP) is 4.77. The maximum absolute atomic E-state index is 12.8. The van der Waals surface area contributed by atoms with Crippen molar-refractivity contribution in [2.24, 2.45) is 5.92 Å². The molecule has 2 aromatic carbocycles. The van der Waals surface area contributed by atoms with Crippen molar-refractivity contribution in [2.75, 3.05) is 17.2 Å². The smallest absolute Gasteiger partial charge is 0.274 e. The monoisotopic (exact) mass is 360 g/mol. The Labute approximate surface area is 159 Å². The van der Waals surface area contributed by atoms with Gasteiger partial charge in [0.05, 0.1) is 0 Å². The van der Waals surface area contributed by atoms with Crippen LogP contribution in [0.3, 0.4) is 0 Å². The quantitative estimate of drug-likeness (QED) is 0.664. The SMILES string of the molecule is Cc1ccccc1NC(=O)c1cc(NCC(C)C)nc(-c2ccccc2)n1. The molecule has 1 amide bonds. The van der Waals surface area contributed by atoms with Gasteiger partial charge in [-0.05, 0) is 24.5 Å². The van der Waals surface area contributed by atoms with Crippen molar-refractivity contribution in [3.05, 3.63) is 71.9 Å². The molecule has 0 saturated carbocycles. The second kappa shape index (κ2) is 8.45. The van der Waals surface area contributed by atoms with E-state index in [1.165, 1.54) is 0 Å². The molecule has 3 rings (SSSR count). The van der Waals surface area contributed by atoms with Crippen molar-refractivity contribution in [1.29, 1.82) is 0 Å². The molecule has 138 valence electrons. The van der Waals surface area contributed by atoms with Crippen molar-refractivity contribution in [3.8, 4) is 11.4 Å². The van der Waals surface area contributed by atoms with Gasteiger partial charge in [-0.2, -0.15) is 0 Å². The number of para-hydroxylation sites is 1. The van der Waals surface area contributed by atoms with E-state index in [0.717, 1.165) is 23.4 Å². The molecule has 0 saturated heterocycles. The summed E-state index contributed by atoms with van der Waals surface area (Å²) in [5.41, 5.74) is 2.98. The average Bonchev–Trinajstić information content (AvgIpc) is 2.68. The minimum absolute atomic E-state index is 0.253. The molecule has 0 aliphatic heterocycles. The topological polar surface area (TPSA) is 66.9 Å². The first-order chi connectivity index (χ1) is 13.0. The zero-order valence-corrected chi connectivity index (χ0v) is 15.9. The summed E-state index contributed by atoms with van der Waals surface area (Å²) in [6.45, 7) is 6.97. The highest BCUT2D eigenvalue weighted by atomic mass is 16.1. The largest absolute Gasteiger partial charge is 0.370 e. The number of nitrogens with one attached hydrogen (secondary N) is 2. The lowest BCUT2D eigenvalue weighted by molar-refractivity contribution is 0.102. The van der Waals surface area contributed by atoms with E-state index in [-0.39, 0.29) is 5.91 Å². The normalized spacial score (nSPS) is 10.7. The number of anilines is 2. The van der Waals surface area contributed by atoms with Crippen molar-refractivity contribution in [1.82, 2.24) is 9.97 Å². The number of rotatable bonds is 6. The number of aromatic nitrogens is 2. The molecular formula is C22H24N4O. The lowest BCUT2D eigenvalue weighted by Gasteiger charge is -2.12. The molecule has 0 bridgehead atoms. The van der Waals surface area contributed by atoms with Crippen molar-refractivity contribution in [3.63, 3.8) is 0 Å². The van der Waals surface area contributed by atoms with Crippen LogP contribution in [-0.2, 0) is 0 Å². The van der Waals surface area contributed by atoms with Crippen molar-refractivity contribution < 1.29 is 4.79 Å². The van der Waals surface area contributed by atoms with Gasteiger partial charge >= 0.3 is 0 Å². The third-order valence-corrected chi connectivity index (χ3v) is 4.08. The summed E-state index contributed by atoms with van der Waals surface area (Å²) in [4.78, 5) is 21.9. The van der Waals surface area contributed by atoms with Gasteiger partial charge < -0.3 is 10.6 Å². The zero-order valence-electron chi connectivity index (χ0n) is 15.9. The Bertz CT molecular complexity index is 923. The summed E-state index contributed by atoms with van der Waals surface area (Å²) < 4.78 is 0. The Hall–Kier alpha value is -3.21. The Morgan fingerprint density at radius 3 is 2.41 bits per heavy atom. The molecule has 0 fully saturated rings. The van der Waals surface area contributed by atoms with Gasteiger partial charge in [-0.25, -0.2) is 9.97 Å². The van der Waals surface area contributed by atoms with Crippen LogP contribution in [0.1, 0.15) is 29.9 Å². The van der Waals surface area contributed by atoms with Crippen molar-refractivity contribution in [2.45, 2.75) is 20.8 Å². The van der Waals surface area contributed by atoms with Crippen LogP contribution in [0.5, 0.6) is 0 Å². The maximum Gasteiger partial charge on any atom is 0.274 e. The highest BCUT2D eigenvalue weighted by Crippen LogP contribution is 2.20. The summed E-state index contributed by atoms with van der Waals surface area (Å²) >= 11 is 0. The summed E-state index contributed by atoms with van der Waals surface area (Å²) in [5.74, 6) is 1.38. The molecule has 0 aliphatic rings. The van der Waals surface area contributed by atoms with Crippen LogP contribution < -0.4 is 10.6 Å². The molecule has 5 heteroatoms. The van der Waals surface area contributed by atoms with E-state index in [1.54, 1.807) is 6.07 Å². The molecule has 27 heavy (non-hydrogen) atoms. The van der Waals surface area contributed by atoms with Crippen LogP contribution in [0.15, 0.2) is 60.7 Å². The Kier molecular flexibility index (Phi) is 5.81. The minimum atomic E-state index is -0.253. The zero-order chi connectivity index (χ0) is 19.2. The number of benzene rings is 2. The first-order valence-corrected chi connectivity index (χ1v) is 9.08. The van der Waals surface area contributed by atoms with Gasteiger partial charge in [0.1, 0.15) is 11.5 Å². The maximum atomic E-state index is 12.8. The number of carbonyl (C=O) groups excluding carboxylic acids is 1. The van der Waals surface area contributed by atoms with E-state index in [0.29, 0.717) is 23.3 Å². The Morgan fingerprint density at radius 1 is 1.00 bits per heavy atom. The number of carbonyl (C=O) groups is 1. The molecule has 0 unspecified atom stereocenters. The van der Waals surface area contributed by atoms with E-state index >= 15 is 0 Å². The van der Waals surface area contributed by atoms with Gasteiger partial charge in [0, 0.05) is 23.9 Å². The average molecular weight is 360 g/mol. The van der Waals surface area contributed by atoms with Gasteiger partial charge in [-0.15, -0.1) is 0 Å². The third kappa shape index (κ3) is 4.91. The molecule has 1 aromatic heterocycles. The molecule has 0 spiro atoms. The number of amides is 1. The number of nitrogens with zero attached hydrogens (tertiary/aromatic N) is 2. The Morgan fingerprint density at radius 2 is 1.70 bits per heavy atom. The fourth-order valence-electron chi connectivity index (χ4n) is 2.58. The van der Waals surface area contributed by atoms with Crippen LogP contribution >= 0.6 is 0 Å². The van der Waals surface area contributed by atoms with Crippen LogP contribution in [0.2, 0.25) is 0 Å². The van der Waals surface area contributed by atoms with E-state index in [9.17, 15) is 4.79 Å². The van der Waals surface area contributed by atoms with Crippen molar-refractivity contribution >= 4 is 17.4 Å². The number of hydrogen-bond acceptors (Lipinski definition) is 4. The molecular weight excluding hydrogens is 336 g/mol. The van der Waals surface area contributed by atoms with Crippen LogP contribution in [-0.4, -0.2) is 22.4 Å². The third-order valence-electron chi connectivity index (χ3n) is 4.08. The second-order valence-electron chi connectivity index (χ2n) is 6.87. The van der Waals surface area contributed by atoms with E-state index < -0.39 is 0 Å². The molecule has 0 atom stereocenters. The van der Waals surface area contributed by atoms with Gasteiger partial charge in [0.25, 0.3) is 5.91 Å². The lowest BCUT2D eigenvalue weighted by atomic mass is 10.2. The molecule has 1 heterocycles. The second-order valence-corrected chi connectivity index (χ2v) is 6.87. The molecule has 3 aromatic rings. The summed E-state index contributed by atoms with van der Waals surface area (Å²) in [7, 11) is 0. The first kappa shape index (κ1) is 18.6. The fraction of sp³-hybridized carbons (Fsp3) is 0.227. The number of aryl methyl sites for hydroxylation is 1. The minimum Gasteiger partial charge on any atom is -0.370 e. The fourth-order valence-corrected chi connectivity index (χ4v) is 2.58. The summed E-state index contributed by atoms with van der Waals surface area (Å²) in [5, 5.41) is 6.23. The molecule has 5 nitrogen and oxygen atoms in total. The van der Waals surface area contributed by atoms with Crippen LogP contribution in [0, 0.1) is 12.8 Å².